The Morgan fingerprint density at radius 1 is 1.47 bits per heavy atom. The third-order valence-electron chi connectivity index (χ3n) is 2.25. The van der Waals surface area contributed by atoms with E-state index < -0.39 is 5.82 Å². The van der Waals surface area contributed by atoms with Gasteiger partial charge in [0.2, 0.25) is 0 Å². The summed E-state index contributed by atoms with van der Waals surface area (Å²) >= 11 is 5.58. The molecule has 0 fully saturated rings. The Bertz CT molecular complexity index is 332. The van der Waals surface area contributed by atoms with E-state index in [0.29, 0.717) is 0 Å². The van der Waals surface area contributed by atoms with E-state index in [1.807, 2.05) is 13.8 Å². The Labute approximate surface area is 94.1 Å². The first-order chi connectivity index (χ1) is 7.04. The van der Waals surface area contributed by atoms with Crippen LogP contribution < -0.4 is 5.32 Å². The average Bonchev–Trinajstić information content (AvgIpc) is 2.21. The summed E-state index contributed by atoms with van der Waals surface area (Å²) in [7, 11) is 0. The van der Waals surface area contributed by atoms with Gasteiger partial charge < -0.3 is 10.4 Å². The summed E-state index contributed by atoms with van der Waals surface area (Å²) in [4.78, 5) is 0. The molecule has 1 rings (SSSR count). The second-order valence-corrected chi connectivity index (χ2v) is 4.05. The largest absolute Gasteiger partial charge is 0.395 e. The van der Waals surface area contributed by atoms with Crippen molar-refractivity contribution in [2.45, 2.75) is 25.9 Å². The van der Waals surface area contributed by atoms with Crippen molar-refractivity contribution < 1.29 is 9.50 Å². The van der Waals surface area contributed by atoms with E-state index in [9.17, 15) is 4.39 Å². The zero-order valence-corrected chi connectivity index (χ0v) is 9.55. The van der Waals surface area contributed by atoms with Crippen LogP contribution in [-0.4, -0.2) is 17.8 Å². The van der Waals surface area contributed by atoms with Gasteiger partial charge in [0.05, 0.1) is 11.6 Å². The fourth-order valence-corrected chi connectivity index (χ4v) is 1.47. The normalized spacial score (nSPS) is 15.0. The number of hydrogen-bond acceptors (Lipinski definition) is 2. The van der Waals surface area contributed by atoms with E-state index in [1.54, 1.807) is 6.07 Å². The highest BCUT2D eigenvalue weighted by Crippen LogP contribution is 2.20. The quantitative estimate of drug-likeness (QED) is 0.835. The molecule has 0 radical (unpaired) electrons. The average molecular weight is 232 g/mol. The standard InChI is InChI=1S/C11H15ClFNO/c1-7(6-15)14-8(2)9-3-4-10(12)11(13)5-9/h3-5,7-8,14-15H,6H2,1-2H3. The molecule has 2 unspecified atom stereocenters. The number of hydrogen-bond donors (Lipinski definition) is 2. The summed E-state index contributed by atoms with van der Waals surface area (Å²) in [6.07, 6.45) is 0. The van der Waals surface area contributed by atoms with Crippen molar-refractivity contribution in [3.05, 3.63) is 34.6 Å². The van der Waals surface area contributed by atoms with E-state index in [4.69, 9.17) is 16.7 Å². The van der Waals surface area contributed by atoms with Crippen LogP contribution in [0.5, 0.6) is 0 Å². The van der Waals surface area contributed by atoms with Gasteiger partial charge in [-0.25, -0.2) is 4.39 Å². The van der Waals surface area contributed by atoms with Crippen LogP contribution in [0.2, 0.25) is 5.02 Å². The maximum atomic E-state index is 13.1. The van der Waals surface area contributed by atoms with Crippen molar-refractivity contribution in [2.75, 3.05) is 6.61 Å². The molecule has 0 amide bonds. The monoisotopic (exact) mass is 231 g/mol. The lowest BCUT2D eigenvalue weighted by Gasteiger charge is -2.18. The van der Waals surface area contributed by atoms with Crippen LogP contribution in [0, 0.1) is 5.82 Å². The highest BCUT2D eigenvalue weighted by Gasteiger charge is 2.10. The van der Waals surface area contributed by atoms with Crippen LogP contribution >= 0.6 is 11.6 Å². The minimum atomic E-state index is -0.417. The summed E-state index contributed by atoms with van der Waals surface area (Å²) in [5.74, 6) is -0.417. The summed E-state index contributed by atoms with van der Waals surface area (Å²) in [6, 6.07) is 4.68. The molecule has 0 aliphatic rings. The Morgan fingerprint density at radius 2 is 2.13 bits per heavy atom. The number of nitrogens with one attached hydrogen (secondary N) is 1. The van der Waals surface area contributed by atoms with Crippen LogP contribution in [-0.2, 0) is 0 Å². The van der Waals surface area contributed by atoms with Crippen molar-refractivity contribution in [3.8, 4) is 0 Å². The lowest BCUT2D eigenvalue weighted by molar-refractivity contribution is 0.243. The van der Waals surface area contributed by atoms with E-state index in [2.05, 4.69) is 5.32 Å². The summed E-state index contributed by atoms with van der Waals surface area (Å²) in [5.41, 5.74) is 0.817. The molecule has 15 heavy (non-hydrogen) atoms. The fourth-order valence-electron chi connectivity index (χ4n) is 1.36. The fraction of sp³-hybridized carbons (Fsp3) is 0.455. The van der Waals surface area contributed by atoms with Crippen molar-refractivity contribution in [3.63, 3.8) is 0 Å². The molecule has 0 saturated heterocycles. The molecule has 0 heterocycles. The zero-order valence-electron chi connectivity index (χ0n) is 8.80. The highest BCUT2D eigenvalue weighted by atomic mass is 35.5. The predicted octanol–water partition coefficient (Wildman–Crippen LogP) is 2.51. The number of aliphatic hydroxyl groups is 1. The summed E-state index contributed by atoms with van der Waals surface area (Å²) in [6.45, 7) is 3.83. The highest BCUT2D eigenvalue weighted by molar-refractivity contribution is 6.30. The van der Waals surface area contributed by atoms with Gasteiger partial charge in [-0.15, -0.1) is 0 Å². The molecule has 2 nitrogen and oxygen atoms in total. The third-order valence-corrected chi connectivity index (χ3v) is 2.56. The molecule has 0 bridgehead atoms. The van der Waals surface area contributed by atoms with Crippen LogP contribution in [0.3, 0.4) is 0 Å². The number of halogens is 2. The van der Waals surface area contributed by atoms with Gasteiger partial charge in [-0.3, -0.25) is 0 Å². The first-order valence-electron chi connectivity index (χ1n) is 4.86. The van der Waals surface area contributed by atoms with Gasteiger partial charge in [-0.05, 0) is 31.5 Å². The molecule has 84 valence electrons. The van der Waals surface area contributed by atoms with E-state index in [0.717, 1.165) is 5.56 Å². The van der Waals surface area contributed by atoms with Crippen molar-refractivity contribution in [1.82, 2.24) is 5.32 Å². The Kier molecular flexibility index (Phi) is 4.51. The molecule has 1 aromatic carbocycles. The summed E-state index contributed by atoms with van der Waals surface area (Å²) in [5, 5.41) is 12.1. The SMILES string of the molecule is CC(CO)NC(C)c1ccc(Cl)c(F)c1. The number of rotatable bonds is 4. The molecular weight excluding hydrogens is 217 g/mol. The molecule has 0 saturated carbocycles. The van der Waals surface area contributed by atoms with Crippen molar-refractivity contribution >= 4 is 11.6 Å². The van der Waals surface area contributed by atoms with E-state index >= 15 is 0 Å². The lowest BCUT2D eigenvalue weighted by atomic mass is 10.1. The molecule has 0 aromatic heterocycles. The van der Waals surface area contributed by atoms with Crippen LogP contribution in [0.15, 0.2) is 18.2 Å². The molecule has 0 aliphatic carbocycles. The minimum Gasteiger partial charge on any atom is -0.395 e. The molecule has 0 aliphatic heterocycles. The second kappa shape index (κ2) is 5.45. The van der Waals surface area contributed by atoms with Crippen LogP contribution in [0.25, 0.3) is 0 Å². The predicted molar refractivity (Wildman–Crippen MR) is 59.5 cm³/mol. The number of benzene rings is 1. The van der Waals surface area contributed by atoms with Crippen LogP contribution in [0.1, 0.15) is 25.5 Å². The maximum Gasteiger partial charge on any atom is 0.142 e. The molecule has 4 heteroatoms. The number of aliphatic hydroxyl groups excluding tert-OH is 1. The lowest BCUT2D eigenvalue weighted by Crippen LogP contribution is -2.31. The third kappa shape index (κ3) is 3.45. The van der Waals surface area contributed by atoms with Gasteiger partial charge in [0.25, 0.3) is 0 Å². The van der Waals surface area contributed by atoms with E-state index in [1.165, 1.54) is 12.1 Å². The maximum absolute atomic E-state index is 13.1. The van der Waals surface area contributed by atoms with Gasteiger partial charge in [-0.2, -0.15) is 0 Å². The molecule has 0 spiro atoms. The van der Waals surface area contributed by atoms with Crippen molar-refractivity contribution in [2.24, 2.45) is 0 Å². The topological polar surface area (TPSA) is 32.3 Å². The van der Waals surface area contributed by atoms with Gasteiger partial charge >= 0.3 is 0 Å². The second-order valence-electron chi connectivity index (χ2n) is 3.65. The minimum absolute atomic E-state index is 0.0149. The first-order valence-corrected chi connectivity index (χ1v) is 5.24. The van der Waals surface area contributed by atoms with Crippen LogP contribution in [0.4, 0.5) is 4.39 Å². The van der Waals surface area contributed by atoms with Gasteiger partial charge in [0.15, 0.2) is 0 Å². The Balaban J connectivity index is 2.73. The molecule has 2 N–H and O–H groups in total. The van der Waals surface area contributed by atoms with Gasteiger partial charge in [0, 0.05) is 12.1 Å². The first kappa shape index (κ1) is 12.4. The van der Waals surface area contributed by atoms with E-state index in [-0.39, 0.29) is 23.7 Å². The molecular formula is C11H15ClFNO. The van der Waals surface area contributed by atoms with Gasteiger partial charge in [-0.1, -0.05) is 17.7 Å². The Morgan fingerprint density at radius 3 is 2.67 bits per heavy atom. The smallest absolute Gasteiger partial charge is 0.142 e. The zero-order chi connectivity index (χ0) is 11.4. The summed E-state index contributed by atoms with van der Waals surface area (Å²) < 4.78 is 13.1. The Hall–Kier alpha value is -0.640. The van der Waals surface area contributed by atoms with Gasteiger partial charge in [0.1, 0.15) is 5.82 Å². The van der Waals surface area contributed by atoms with Crippen molar-refractivity contribution in [1.29, 1.82) is 0 Å². The molecule has 1 aromatic rings. The molecule has 2 atom stereocenters.